The number of hydrogen-bond donors (Lipinski definition) is 1. The molecule has 1 aliphatic rings. The Morgan fingerprint density at radius 3 is 3.09 bits per heavy atom. The second kappa shape index (κ2) is 7.48. The molecule has 1 aromatic heterocycles. The van der Waals surface area contributed by atoms with Gasteiger partial charge in [-0.05, 0) is 31.5 Å². The average Bonchev–Trinajstić information content (AvgIpc) is 2.56. The number of aliphatic hydroxyl groups excluding tert-OH is 1. The van der Waals surface area contributed by atoms with Gasteiger partial charge in [0.05, 0.1) is 18.5 Å². The minimum absolute atomic E-state index is 0.168. The molecule has 23 heavy (non-hydrogen) atoms. The number of β-amino-alcohol motifs (C(OH)–C–C–N with tert-alkyl or cyclic N) is 1. The summed E-state index contributed by atoms with van der Waals surface area (Å²) in [5, 5.41) is 9.09. The fraction of sp³-hybridized carbons (Fsp3) is 0.412. The summed E-state index contributed by atoms with van der Waals surface area (Å²) in [5.74, 6) is 0.701. The minimum atomic E-state index is -0.349. The Hall–Kier alpha value is -2.05. The highest BCUT2D eigenvalue weighted by Crippen LogP contribution is 2.27. The number of aromatic nitrogens is 2. The maximum absolute atomic E-state index is 13.2. The Morgan fingerprint density at radius 2 is 2.26 bits per heavy atom. The van der Waals surface area contributed by atoms with E-state index in [1.165, 1.54) is 18.3 Å². The number of aliphatic hydroxyl groups is 1. The van der Waals surface area contributed by atoms with E-state index in [0.717, 1.165) is 31.6 Å². The first-order chi connectivity index (χ1) is 11.2. The maximum atomic E-state index is 13.2. The van der Waals surface area contributed by atoms with Crippen LogP contribution in [0.4, 0.5) is 4.39 Å². The Kier molecular flexibility index (Phi) is 5.15. The zero-order chi connectivity index (χ0) is 16.1. The lowest BCUT2D eigenvalue weighted by Crippen LogP contribution is -2.36. The molecule has 1 N–H and O–H groups in total. The molecule has 122 valence electrons. The Bertz CT molecular complexity index is 651. The summed E-state index contributed by atoms with van der Waals surface area (Å²) < 4.78 is 18.8. The lowest BCUT2D eigenvalue weighted by atomic mass is 9.95. The number of halogens is 1. The van der Waals surface area contributed by atoms with E-state index in [9.17, 15) is 4.39 Å². The molecular weight excluding hydrogens is 297 g/mol. The smallest absolute Gasteiger partial charge is 0.238 e. The Labute approximate surface area is 134 Å². The maximum Gasteiger partial charge on any atom is 0.238 e. The van der Waals surface area contributed by atoms with E-state index in [1.54, 1.807) is 18.3 Å². The van der Waals surface area contributed by atoms with Crippen molar-refractivity contribution in [3.05, 3.63) is 48.2 Å². The third kappa shape index (κ3) is 4.24. The summed E-state index contributed by atoms with van der Waals surface area (Å²) in [7, 11) is 0. The fourth-order valence-electron chi connectivity index (χ4n) is 2.90. The summed E-state index contributed by atoms with van der Waals surface area (Å²) in [5.41, 5.74) is 0.876. The van der Waals surface area contributed by atoms with E-state index >= 15 is 0 Å². The van der Waals surface area contributed by atoms with Crippen LogP contribution in [-0.4, -0.2) is 46.2 Å². The van der Waals surface area contributed by atoms with Gasteiger partial charge in [-0.25, -0.2) is 9.37 Å². The van der Waals surface area contributed by atoms with Crippen LogP contribution in [-0.2, 0) is 0 Å². The highest BCUT2D eigenvalue weighted by Gasteiger charge is 2.22. The van der Waals surface area contributed by atoms with Crippen LogP contribution in [0.1, 0.15) is 24.5 Å². The van der Waals surface area contributed by atoms with Crippen LogP contribution in [0, 0.1) is 5.82 Å². The molecule has 0 saturated carbocycles. The number of benzene rings is 1. The summed E-state index contributed by atoms with van der Waals surface area (Å²) in [6.45, 7) is 2.72. The van der Waals surface area contributed by atoms with Gasteiger partial charge in [-0.1, -0.05) is 6.07 Å². The van der Waals surface area contributed by atoms with Crippen molar-refractivity contribution in [3.8, 4) is 11.6 Å². The minimum Gasteiger partial charge on any atom is -0.437 e. The number of likely N-dealkylation sites (tertiary alicyclic amines) is 1. The van der Waals surface area contributed by atoms with Gasteiger partial charge in [0.25, 0.3) is 0 Å². The van der Waals surface area contributed by atoms with Crippen molar-refractivity contribution >= 4 is 0 Å². The van der Waals surface area contributed by atoms with Crippen LogP contribution in [0.15, 0.2) is 36.7 Å². The van der Waals surface area contributed by atoms with Gasteiger partial charge in [-0.15, -0.1) is 0 Å². The first-order valence-corrected chi connectivity index (χ1v) is 7.83. The van der Waals surface area contributed by atoms with E-state index in [4.69, 9.17) is 9.84 Å². The van der Waals surface area contributed by atoms with E-state index < -0.39 is 0 Å². The Morgan fingerprint density at radius 1 is 1.35 bits per heavy atom. The van der Waals surface area contributed by atoms with E-state index in [-0.39, 0.29) is 18.3 Å². The number of piperidine rings is 1. The standard InChI is InChI=1S/C17H20FN3O2/c18-14-4-1-5-15(9-14)23-17-11-19-10-16(20-17)13-3-2-6-21(12-13)7-8-22/h1,4-5,9-11,13,22H,2-3,6-8,12H2. The van der Waals surface area contributed by atoms with Gasteiger partial charge in [-0.3, -0.25) is 4.98 Å². The van der Waals surface area contributed by atoms with Gasteiger partial charge < -0.3 is 14.7 Å². The molecule has 0 amide bonds. The molecule has 6 heteroatoms. The van der Waals surface area contributed by atoms with Crippen molar-refractivity contribution in [2.24, 2.45) is 0 Å². The van der Waals surface area contributed by atoms with Crippen LogP contribution >= 0.6 is 0 Å². The molecule has 0 spiro atoms. The Balaban J connectivity index is 1.72. The van der Waals surface area contributed by atoms with Crippen molar-refractivity contribution in [1.29, 1.82) is 0 Å². The van der Waals surface area contributed by atoms with Crippen molar-refractivity contribution < 1.29 is 14.2 Å². The van der Waals surface area contributed by atoms with Crippen LogP contribution in [0.3, 0.4) is 0 Å². The first kappa shape index (κ1) is 15.8. The fourth-order valence-corrected chi connectivity index (χ4v) is 2.90. The van der Waals surface area contributed by atoms with Crippen LogP contribution in [0.25, 0.3) is 0 Å². The van der Waals surface area contributed by atoms with Crippen molar-refractivity contribution in [3.63, 3.8) is 0 Å². The summed E-state index contributed by atoms with van der Waals surface area (Å²) in [6, 6.07) is 5.96. The van der Waals surface area contributed by atoms with Gasteiger partial charge in [0.2, 0.25) is 5.88 Å². The molecule has 0 radical (unpaired) electrons. The highest BCUT2D eigenvalue weighted by molar-refractivity contribution is 5.27. The molecule has 1 saturated heterocycles. The van der Waals surface area contributed by atoms with Gasteiger partial charge >= 0.3 is 0 Å². The molecule has 1 unspecified atom stereocenters. The van der Waals surface area contributed by atoms with E-state index in [1.807, 2.05) is 0 Å². The monoisotopic (exact) mass is 317 g/mol. The summed E-state index contributed by atoms with van der Waals surface area (Å²) >= 11 is 0. The summed E-state index contributed by atoms with van der Waals surface area (Å²) in [4.78, 5) is 11.0. The second-order valence-electron chi connectivity index (χ2n) is 5.70. The molecule has 2 heterocycles. The molecule has 1 aliphatic heterocycles. The first-order valence-electron chi connectivity index (χ1n) is 7.83. The number of hydrogen-bond acceptors (Lipinski definition) is 5. The predicted octanol–water partition coefficient (Wildman–Crippen LogP) is 2.58. The van der Waals surface area contributed by atoms with E-state index in [0.29, 0.717) is 18.2 Å². The molecule has 1 aromatic carbocycles. The van der Waals surface area contributed by atoms with Gasteiger partial charge in [-0.2, -0.15) is 0 Å². The average molecular weight is 317 g/mol. The molecule has 5 nitrogen and oxygen atoms in total. The molecule has 3 rings (SSSR count). The molecule has 2 aromatic rings. The van der Waals surface area contributed by atoms with Gasteiger partial charge in [0.15, 0.2) is 0 Å². The second-order valence-corrected chi connectivity index (χ2v) is 5.70. The van der Waals surface area contributed by atoms with Gasteiger partial charge in [0, 0.05) is 31.3 Å². The highest BCUT2D eigenvalue weighted by atomic mass is 19.1. The zero-order valence-corrected chi connectivity index (χ0v) is 12.9. The SMILES string of the molecule is OCCN1CCCC(c2cncc(Oc3cccc(F)c3)n2)C1. The topological polar surface area (TPSA) is 58.5 Å². The van der Waals surface area contributed by atoms with Crippen molar-refractivity contribution in [1.82, 2.24) is 14.9 Å². The molecular formula is C17H20FN3O2. The number of ether oxygens (including phenoxy) is 1. The van der Waals surface area contributed by atoms with Crippen molar-refractivity contribution in [2.75, 3.05) is 26.2 Å². The lowest BCUT2D eigenvalue weighted by Gasteiger charge is -2.31. The number of rotatable bonds is 5. The van der Waals surface area contributed by atoms with Gasteiger partial charge in [0.1, 0.15) is 11.6 Å². The summed E-state index contributed by atoms with van der Waals surface area (Å²) in [6.07, 6.45) is 5.40. The molecule has 1 atom stereocenters. The zero-order valence-electron chi connectivity index (χ0n) is 12.9. The largest absolute Gasteiger partial charge is 0.437 e. The quantitative estimate of drug-likeness (QED) is 0.918. The third-order valence-electron chi connectivity index (χ3n) is 3.99. The van der Waals surface area contributed by atoms with Crippen LogP contribution in [0.5, 0.6) is 11.6 Å². The number of nitrogens with zero attached hydrogens (tertiary/aromatic N) is 3. The molecule has 0 bridgehead atoms. The van der Waals surface area contributed by atoms with Crippen LogP contribution in [0.2, 0.25) is 0 Å². The normalized spacial score (nSPS) is 18.8. The lowest BCUT2D eigenvalue weighted by molar-refractivity contribution is 0.160. The molecule has 1 fully saturated rings. The third-order valence-corrected chi connectivity index (χ3v) is 3.99. The van der Waals surface area contributed by atoms with Crippen molar-refractivity contribution in [2.45, 2.75) is 18.8 Å². The van der Waals surface area contributed by atoms with Crippen LogP contribution < -0.4 is 4.74 Å². The predicted molar refractivity (Wildman–Crippen MR) is 84.0 cm³/mol. The van der Waals surface area contributed by atoms with E-state index in [2.05, 4.69) is 14.9 Å². The molecule has 0 aliphatic carbocycles.